The van der Waals surface area contributed by atoms with Gasteiger partial charge in [-0.3, -0.25) is 9.59 Å². The Bertz CT molecular complexity index is 570. The van der Waals surface area contributed by atoms with Gasteiger partial charge in [0.05, 0.1) is 10.4 Å². The first-order valence-electron chi connectivity index (χ1n) is 7.94. The molecule has 1 aliphatic carbocycles. The number of amides is 2. The van der Waals surface area contributed by atoms with Crippen molar-refractivity contribution in [2.45, 2.75) is 38.1 Å². The van der Waals surface area contributed by atoms with Crippen LogP contribution in [0.1, 0.15) is 40.2 Å². The predicted molar refractivity (Wildman–Crippen MR) is 86.9 cm³/mol. The number of rotatable bonds is 2. The molecule has 1 saturated heterocycles. The first-order chi connectivity index (χ1) is 10.5. The molecular weight excluding hydrogens is 298 g/mol. The molecular formula is C16H23N3O2S. The molecule has 0 unspecified atom stereocenters. The quantitative estimate of drug-likeness (QED) is 0.900. The maximum atomic E-state index is 12.6. The molecule has 3 rings (SSSR count). The van der Waals surface area contributed by atoms with E-state index in [9.17, 15) is 9.59 Å². The standard InChI is InChI=1S/C16H23N3O2S/c1-12-4-5-13(22-12)14(20)18-8-10-19(11-9-18)15(21)16(17)6-2-3-7-16/h4-5H,2-3,6-11,17H2,1H3. The van der Waals surface area contributed by atoms with Crippen molar-refractivity contribution >= 4 is 23.2 Å². The number of hydrogen-bond donors (Lipinski definition) is 1. The minimum atomic E-state index is -0.656. The molecule has 0 radical (unpaired) electrons. The Kier molecular flexibility index (Phi) is 4.23. The van der Waals surface area contributed by atoms with E-state index >= 15 is 0 Å². The molecule has 0 spiro atoms. The number of nitrogens with two attached hydrogens (primary N) is 1. The lowest BCUT2D eigenvalue weighted by Crippen LogP contribution is -2.59. The van der Waals surface area contributed by atoms with E-state index < -0.39 is 5.54 Å². The van der Waals surface area contributed by atoms with Crippen molar-refractivity contribution in [3.05, 3.63) is 21.9 Å². The van der Waals surface area contributed by atoms with Crippen molar-refractivity contribution in [3.8, 4) is 0 Å². The zero-order chi connectivity index (χ0) is 15.7. The van der Waals surface area contributed by atoms with Crippen molar-refractivity contribution in [3.63, 3.8) is 0 Å². The predicted octanol–water partition coefficient (Wildman–Crippen LogP) is 1.61. The SMILES string of the molecule is Cc1ccc(C(=O)N2CCN(C(=O)C3(N)CCCC3)CC2)s1. The fraction of sp³-hybridized carbons (Fsp3) is 0.625. The summed E-state index contributed by atoms with van der Waals surface area (Å²) in [6, 6.07) is 3.85. The first-order valence-corrected chi connectivity index (χ1v) is 8.75. The van der Waals surface area contributed by atoms with E-state index in [1.165, 1.54) is 11.3 Å². The molecule has 5 nitrogen and oxygen atoms in total. The van der Waals surface area contributed by atoms with Crippen LogP contribution in [-0.2, 0) is 4.79 Å². The van der Waals surface area contributed by atoms with Crippen LogP contribution in [0.4, 0.5) is 0 Å². The van der Waals surface area contributed by atoms with Crippen molar-refractivity contribution in [1.29, 1.82) is 0 Å². The molecule has 2 fully saturated rings. The zero-order valence-electron chi connectivity index (χ0n) is 13.0. The van der Waals surface area contributed by atoms with Gasteiger partial charge in [0.2, 0.25) is 5.91 Å². The van der Waals surface area contributed by atoms with E-state index in [2.05, 4.69) is 0 Å². The molecule has 0 atom stereocenters. The summed E-state index contributed by atoms with van der Waals surface area (Å²) in [7, 11) is 0. The lowest BCUT2D eigenvalue weighted by atomic mass is 9.97. The summed E-state index contributed by atoms with van der Waals surface area (Å²) >= 11 is 1.52. The summed E-state index contributed by atoms with van der Waals surface area (Å²) in [5, 5.41) is 0. The molecule has 1 saturated carbocycles. The summed E-state index contributed by atoms with van der Waals surface area (Å²) in [5.41, 5.74) is 5.60. The molecule has 120 valence electrons. The minimum Gasteiger partial charge on any atom is -0.338 e. The molecule has 6 heteroatoms. The summed E-state index contributed by atoms with van der Waals surface area (Å²) in [6.07, 6.45) is 3.66. The van der Waals surface area contributed by atoms with Gasteiger partial charge < -0.3 is 15.5 Å². The fourth-order valence-electron chi connectivity index (χ4n) is 3.35. The Morgan fingerprint density at radius 2 is 1.68 bits per heavy atom. The van der Waals surface area contributed by atoms with Crippen LogP contribution in [0.2, 0.25) is 0 Å². The maximum absolute atomic E-state index is 12.6. The minimum absolute atomic E-state index is 0.0732. The lowest BCUT2D eigenvalue weighted by molar-refractivity contribution is -0.138. The third-order valence-corrected chi connectivity index (χ3v) is 5.72. The van der Waals surface area contributed by atoms with Crippen LogP contribution in [0.3, 0.4) is 0 Å². The third-order valence-electron chi connectivity index (χ3n) is 4.73. The largest absolute Gasteiger partial charge is 0.338 e. The van der Waals surface area contributed by atoms with E-state index in [1.807, 2.05) is 28.9 Å². The van der Waals surface area contributed by atoms with Gasteiger partial charge in [-0.1, -0.05) is 12.8 Å². The summed E-state index contributed by atoms with van der Waals surface area (Å²) in [6.45, 7) is 4.37. The van der Waals surface area contributed by atoms with Gasteiger partial charge in [0, 0.05) is 31.1 Å². The van der Waals surface area contributed by atoms with Crippen molar-refractivity contribution < 1.29 is 9.59 Å². The molecule has 0 bridgehead atoms. The molecule has 1 aromatic rings. The van der Waals surface area contributed by atoms with Gasteiger partial charge >= 0.3 is 0 Å². The van der Waals surface area contributed by atoms with Crippen molar-refractivity contribution in [2.75, 3.05) is 26.2 Å². The molecule has 2 amide bonds. The average molecular weight is 321 g/mol. The van der Waals surface area contributed by atoms with Gasteiger partial charge in [0.25, 0.3) is 5.91 Å². The normalized spacial score (nSPS) is 21.2. The van der Waals surface area contributed by atoms with Gasteiger partial charge in [-0.25, -0.2) is 0 Å². The molecule has 1 aromatic heterocycles. The second-order valence-corrected chi connectivity index (χ2v) is 7.65. The first kappa shape index (κ1) is 15.5. The molecule has 2 heterocycles. The van der Waals surface area contributed by atoms with Gasteiger partial charge in [-0.15, -0.1) is 11.3 Å². The molecule has 0 aromatic carbocycles. The number of thiophene rings is 1. The number of carbonyl (C=O) groups excluding carboxylic acids is 2. The number of aryl methyl sites for hydroxylation is 1. The van der Waals surface area contributed by atoms with Crippen molar-refractivity contribution in [1.82, 2.24) is 9.80 Å². The van der Waals surface area contributed by atoms with E-state index in [0.717, 1.165) is 35.4 Å². The Morgan fingerprint density at radius 1 is 1.09 bits per heavy atom. The topological polar surface area (TPSA) is 66.6 Å². The average Bonchev–Trinajstić information content (AvgIpc) is 3.15. The zero-order valence-corrected chi connectivity index (χ0v) is 13.8. The van der Waals surface area contributed by atoms with E-state index in [1.54, 1.807) is 0 Å². The number of hydrogen-bond acceptors (Lipinski definition) is 4. The van der Waals surface area contributed by atoms with Crippen LogP contribution in [0, 0.1) is 6.92 Å². The fourth-order valence-corrected chi connectivity index (χ4v) is 4.19. The highest BCUT2D eigenvalue weighted by Gasteiger charge is 2.40. The summed E-state index contributed by atoms with van der Waals surface area (Å²) in [4.78, 5) is 30.6. The van der Waals surface area contributed by atoms with Gasteiger partial charge in [-0.05, 0) is 31.9 Å². The van der Waals surface area contributed by atoms with Crippen LogP contribution in [0.15, 0.2) is 12.1 Å². The Morgan fingerprint density at radius 3 is 2.23 bits per heavy atom. The van der Waals surface area contributed by atoms with Crippen LogP contribution in [0.5, 0.6) is 0 Å². The highest BCUT2D eigenvalue weighted by Crippen LogP contribution is 2.29. The van der Waals surface area contributed by atoms with E-state index in [-0.39, 0.29) is 11.8 Å². The Balaban J connectivity index is 1.58. The second kappa shape index (κ2) is 6.01. The van der Waals surface area contributed by atoms with Crippen LogP contribution >= 0.6 is 11.3 Å². The number of nitrogens with zero attached hydrogens (tertiary/aromatic N) is 2. The Labute approximate surface area is 135 Å². The molecule has 1 aliphatic heterocycles. The lowest BCUT2D eigenvalue weighted by Gasteiger charge is -2.38. The third kappa shape index (κ3) is 2.90. The molecule has 2 N–H and O–H groups in total. The van der Waals surface area contributed by atoms with Crippen LogP contribution < -0.4 is 5.73 Å². The highest BCUT2D eigenvalue weighted by atomic mass is 32.1. The number of piperazine rings is 1. The second-order valence-electron chi connectivity index (χ2n) is 6.36. The van der Waals surface area contributed by atoms with Crippen LogP contribution in [0.25, 0.3) is 0 Å². The molecule has 2 aliphatic rings. The smallest absolute Gasteiger partial charge is 0.264 e. The monoisotopic (exact) mass is 321 g/mol. The van der Waals surface area contributed by atoms with Gasteiger partial charge in [0.1, 0.15) is 0 Å². The van der Waals surface area contributed by atoms with Gasteiger partial charge in [-0.2, -0.15) is 0 Å². The van der Waals surface area contributed by atoms with Crippen molar-refractivity contribution in [2.24, 2.45) is 5.73 Å². The van der Waals surface area contributed by atoms with Gasteiger partial charge in [0.15, 0.2) is 0 Å². The molecule has 22 heavy (non-hydrogen) atoms. The maximum Gasteiger partial charge on any atom is 0.264 e. The van der Waals surface area contributed by atoms with Crippen LogP contribution in [-0.4, -0.2) is 53.3 Å². The summed E-state index contributed by atoms with van der Waals surface area (Å²) < 4.78 is 0. The highest BCUT2D eigenvalue weighted by molar-refractivity contribution is 7.13. The number of carbonyl (C=O) groups is 2. The summed E-state index contributed by atoms with van der Waals surface area (Å²) in [5.74, 6) is 0.151. The van der Waals surface area contributed by atoms with E-state index in [4.69, 9.17) is 5.73 Å². The van der Waals surface area contributed by atoms with E-state index in [0.29, 0.717) is 26.2 Å². The Hall–Kier alpha value is -1.40.